The number of halogens is 3. The fraction of sp³-hybridized carbons (Fsp3) is 0.400. The highest BCUT2D eigenvalue weighted by Crippen LogP contribution is 2.36. The number of pyridine rings is 1. The molecule has 0 bridgehead atoms. The molecule has 1 aromatic heterocycles. The molecule has 1 N–H and O–H groups in total. The van der Waals surface area contributed by atoms with Crippen LogP contribution in [0.25, 0.3) is 10.9 Å². The van der Waals surface area contributed by atoms with E-state index in [2.05, 4.69) is 21.7 Å². The Morgan fingerprint density at radius 3 is 2.71 bits per heavy atom. The normalized spacial score (nSPS) is 18.5. The maximum absolute atomic E-state index is 15.5. The number of methoxy groups -OCH3 is 1. The monoisotopic (exact) mass is 556 g/mol. The Morgan fingerprint density at radius 1 is 1.18 bits per heavy atom. The van der Waals surface area contributed by atoms with Gasteiger partial charge in [0.1, 0.15) is 11.9 Å². The molecule has 2 aromatic carbocycles. The number of carboxylic acids is 1. The topological polar surface area (TPSA) is 62.7 Å². The van der Waals surface area contributed by atoms with Crippen molar-refractivity contribution < 1.29 is 19.0 Å². The Hall–Kier alpha value is -2.85. The van der Waals surface area contributed by atoms with E-state index in [1.807, 2.05) is 18.2 Å². The minimum absolute atomic E-state index is 0.107. The van der Waals surface area contributed by atoms with E-state index < -0.39 is 12.1 Å². The Kier molecular flexibility index (Phi) is 9.85. The second-order valence-corrected chi connectivity index (χ2v) is 10.6. The molecule has 0 spiro atoms. The number of nitrogens with zero attached hydrogens (tertiary/aromatic N) is 2. The minimum Gasteiger partial charge on any atom is -0.497 e. The van der Waals surface area contributed by atoms with Crippen LogP contribution in [-0.4, -0.2) is 47.7 Å². The molecule has 2 heterocycles. The lowest BCUT2D eigenvalue weighted by Gasteiger charge is -2.38. The predicted molar refractivity (Wildman–Crippen MR) is 150 cm³/mol. The molecule has 8 heteroatoms. The van der Waals surface area contributed by atoms with E-state index in [-0.39, 0.29) is 18.3 Å². The molecule has 0 aliphatic carbocycles. The SMILES string of the molecule is COc1ccc2nccc([C@H](F)CC[C@@H]3CCN(CC#Cc4cc(Cl)cc(Cl)c4)C[C@H]3CCC(=O)O)c2c1. The van der Waals surface area contributed by atoms with Crippen LogP contribution in [0.5, 0.6) is 5.75 Å². The minimum atomic E-state index is -1.14. The number of benzene rings is 2. The van der Waals surface area contributed by atoms with Crippen molar-refractivity contribution in [3.63, 3.8) is 0 Å². The van der Waals surface area contributed by atoms with Crippen LogP contribution in [0.3, 0.4) is 0 Å². The van der Waals surface area contributed by atoms with Crippen LogP contribution in [0, 0.1) is 23.7 Å². The summed E-state index contributed by atoms with van der Waals surface area (Å²) >= 11 is 12.1. The average molecular weight is 557 g/mol. The van der Waals surface area contributed by atoms with E-state index in [9.17, 15) is 9.90 Å². The summed E-state index contributed by atoms with van der Waals surface area (Å²) in [5, 5.41) is 11.1. The zero-order chi connectivity index (χ0) is 27.1. The second kappa shape index (κ2) is 13.3. The van der Waals surface area contributed by atoms with Gasteiger partial charge in [0, 0.05) is 40.2 Å². The van der Waals surface area contributed by atoms with Crippen molar-refractivity contribution in [1.82, 2.24) is 9.88 Å². The molecular formula is C30H31Cl2FN2O3. The van der Waals surface area contributed by atoms with Crippen LogP contribution in [0.4, 0.5) is 4.39 Å². The molecule has 0 amide bonds. The summed E-state index contributed by atoms with van der Waals surface area (Å²) in [7, 11) is 1.59. The number of carbonyl (C=O) groups is 1. The van der Waals surface area contributed by atoms with Gasteiger partial charge in [-0.1, -0.05) is 35.0 Å². The Morgan fingerprint density at radius 2 is 1.97 bits per heavy atom. The summed E-state index contributed by atoms with van der Waals surface area (Å²) in [5.41, 5.74) is 2.11. The maximum atomic E-state index is 15.5. The summed E-state index contributed by atoms with van der Waals surface area (Å²) < 4.78 is 20.9. The number of aliphatic carboxylic acids is 1. The highest BCUT2D eigenvalue weighted by molar-refractivity contribution is 6.34. The van der Waals surface area contributed by atoms with Gasteiger partial charge in [0.05, 0.1) is 19.2 Å². The zero-order valence-electron chi connectivity index (χ0n) is 21.3. The van der Waals surface area contributed by atoms with Crippen molar-refractivity contribution in [2.75, 3.05) is 26.7 Å². The molecule has 1 saturated heterocycles. The first kappa shape index (κ1) is 28.2. The Balaban J connectivity index is 1.40. The number of likely N-dealkylation sites (tertiary alicyclic amines) is 1. The van der Waals surface area contributed by atoms with E-state index in [1.54, 1.807) is 37.6 Å². The molecule has 3 atom stereocenters. The first-order chi connectivity index (χ1) is 18.3. The average Bonchev–Trinajstić information content (AvgIpc) is 2.89. The lowest BCUT2D eigenvalue weighted by Crippen LogP contribution is -2.41. The van der Waals surface area contributed by atoms with E-state index in [1.165, 1.54) is 0 Å². The molecule has 200 valence electrons. The highest BCUT2D eigenvalue weighted by Gasteiger charge is 2.30. The maximum Gasteiger partial charge on any atom is 0.303 e. The van der Waals surface area contributed by atoms with Crippen molar-refractivity contribution in [3.8, 4) is 17.6 Å². The number of ether oxygens (including phenoxy) is 1. The zero-order valence-corrected chi connectivity index (χ0v) is 22.8. The molecule has 4 rings (SSSR count). The van der Waals surface area contributed by atoms with Crippen molar-refractivity contribution in [2.24, 2.45) is 11.8 Å². The molecule has 0 saturated carbocycles. The van der Waals surface area contributed by atoms with Crippen LogP contribution in [0.1, 0.15) is 49.4 Å². The summed E-state index contributed by atoms with van der Waals surface area (Å²) in [6, 6.07) is 12.4. The van der Waals surface area contributed by atoms with E-state index in [4.69, 9.17) is 27.9 Å². The second-order valence-electron chi connectivity index (χ2n) is 9.76. The Labute approximate surface area is 232 Å². The van der Waals surface area contributed by atoms with Gasteiger partial charge in [-0.05, 0) is 92.1 Å². The van der Waals surface area contributed by atoms with Gasteiger partial charge in [-0.15, -0.1) is 0 Å². The van der Waals surface area contributed by atoms with E-state index >= 15 is 4.39 Å². The van der Waals surface area contributed by atoms with Gasteiger partial charge in [0.2, 0.25) is 0 Å². The quantitative estimate of drug-likeness (QED) is 0.282. The van der Waals surface area contributed by atoms with Crippen LogP contribution in [0.2, 0.25) is 10.0 Å². The van der Waals surface area contributed by atoms with Crippen molar-refractivity contribution in [1.29, 1.82) is 0 Å². The third-order valence-corrected chi connectivity index (χ3v) is 7.65. The molecule has 0 unspecified atom stereocenters. The van der Waals surface area contributed by atoms with Gasteiger partial charge in [0.25, 0.3) is 0 Å². The highest BCUT2D eigenvalue weighted by atomic mass is 35.5. The van der Waals surface area contributed by atoms with Crippen molar-refractivity contribution in [2.45, 2.75) is 38.3 Å². The fourth-order valence-electron chi connectivity index (χ4n) is 5.26. The van der Waals surface area contributed by atoms with Crippen LogP contribution in [-0.2, 0) is 4.79 Å². The van der Waals surface area contributed by atoms with Crippen LogP contribution >= 0.6 is 23.2 Å². The first-order valence-corrected chi connectivity index (χ1v) is 13.5. The van der Waals surface area contributed by atoms with Gasteiger partial charge >= 0.3 is 5.97 Å². The molecule has 1 fully saturated rings. The largest absolute Gasteiger partial charge is 0.497 e. The molecule has 5 nitrogen and oxygen atoms in total. The van der Waals surface area contributed by atoms with Crippen LogP contribution < -0.4 is 4.74 Å². The van der Waals surface area contributed by atoms with Crippen LogP contribution in [0.15, 0.2) is 48.7 Å². The first-order valence-electron chi connectivity index (χ1n) is 12.8. The van der Waals surface area contributed by atoms with Gasteiger partial charge in [-0.3, -0.25) is 14.7 Å². The van der Waals surface area contributed by atoms with Gasteiger partial charge in [-0.2, -0.15) is 0 Å². The number of rotatable bonds is 9. The molecule has 1 aliphatic rings. The standard InChI is InChI=1S/C30H31Cl2FN2O3/c1-38-25-6-8-29-27(18-25)26(10-12-34-29)28(33)7-4-21-11-14-35(19-22(21)5-9-30(36)37)13-2-3-20-15-23(31)17-24(32)16-20/h6,8,10,12,15-18,21-22,28H,4-5,7,9,11,13-14,19H2,1H3,(H,36,37)/t21-,22-,28-/m1/s1. The van der Waals surface area contributed by atoms with Gasteiger partial charge < -0.3 is 9.84 Å². The number of alkyl halides is 1. The lowest BCUT2D eigenvalue weighted by molar-refractivity contribution is -0.137. The van der Waals surface area contributed by atoms with E-state index in [0.717, 1.165) is 36.0 Å². The molecule has 38 heavy (non-hydrogen) atoms. The van der Waals surface area contributed by atoms with E-state index in [0.29, 0.717) is 47.2 Å². The van der Waals surface area contributed by atoms with Gasteiger partial charge in [-0.25, -0.2) is 4.39 Å². The van der Waals surface area contributed by atoms with Crippen molar-refractivity contribution in [3.05, 3.63) is 69.8 Å². The summed E-state index contributed by atoms with van der Waals surface area (Å²) in [5.74, 6) is 6.59. The van der Waals surface area contributed by atoms with Gasteiger partial charge in [0.15, 0.2) is 0 Å². The molecule has 0 radical (unpaired) electrons. The smallest absolute Gasteiger partial charge is 0.303 e. The number of carboxylic acid groups (broad SMARTS) is 1. The third kappa shape index (κ3) is 7.60. The molecular weight excluding hydrogens is 526 g/mol. The lowest BCUT2D eigenvalue weighted by atomic mass is 9.79. The summed E-state index contributed by atoms with van der Waals surface area (Å²) in [4.78, 5) is 17.9. The number of hydrogen-bond donors (Lipinski definition) is 1. The summed E-state index contributed by atoms with van der Waals surface area (Å²) in [6.45, 7) is 2.15. The molecule has 1 aliphatic heterocycles. The summed E-state index contributed by atoms with van der Waals surface area (Å²) in [6.07, 6.45) is 3.13. The number of piperidine rings is 1. The predicted octanol–water partition coefficient (Wildman–Crippen LogP) is 7.20. The van der Waals surface area contributed by atoms with Crippen molar-refractivity contribution >= 4 is 40.1 Å². The number of hydrogen-bond acceptors (Lipinski definition) is 4. The molecule has 3 aromatic rings. The Bertz CT molecular complexity index is 1320. The number of aromatic nitrogens is 1. The number of fused-ring (bicyclic) bond motifs is 1. The third-order valence-electron chi connectivity index (χ3n) is 7.21. The fourth-order valence-corrected chi connectivity index (χ4v) is 5.78.